The predicted octanol–water partition coefficient (Wildman–Crippen LogP) is 2.66. The highest BCUT2D eigenvalue weighted by Gasteiger charge is 2.44. The predicted molar refractivity (Wildman–Crippen MR) is 125 cm³/mol. The lowest BCUT2D eigenvalue weighted by atomic mass is 10.1. The fourth-order valence-corrected chi connectivity index (χ4v) is 4.31. The fraction of sp³-hybridized carbons (Fsp3) is 0.429. The standard InChI is InChI=1S/C21H26ClN4O7P/c1-12(13-7-5-4-6-8-13)25(2)18-14-9-10-26(19(14)24-21(22)23-18)20-17(28)16(27)15(32-20)11-31-33-34(3,29)30/h4-10,12,15-17,20,27-28H,11H2,1-3H3,(H,29,30)/t12?,15-,16-,17-,20-/m1/s1. The third-order valence-corrected chi connectivity index (χ3v) is 6.31. The van der Waals surface area contributed by atoms with E-state index in [1.807, 2.05) is 49.2 Å². The third kappa shape index (κ3) is 5.12. The summed E-state index contributed by atoms with van der Waals surface area (Å²) in [5.74, 6) is 0.591. The minimum Gasteiger partial charge on any atom is -0.387 e. The molecular formula is C21H26ClN4O7P. The van der Waals surface area contributed by atoms with Gasteiger partial charge in [0.15, 0.2) is 6.23 Å². The van der Waals surface area contributed by atoms with Crippen molar-refractivity contribution in [2.24, 2.45) is 0 Å². The summed E-state index contributed by atoms with van der Waals surface area (Å²) < 4.78 is 22.9. The first-order chi connectivity index (χ1) is 16.1. The van der Waals surface area contributed by atoms with Crippen LogP contribution in [0.25, 0.3) is 11.0 Å². The van der Waals surface area contributed by atoms with E-state index in [2.05, 4.69) is 14.6 Å². The van der Waals surface area contributed by atoms with Crippen molar-refractivity contribution in [3.63, 3.8) is 0 Å². The highest BCUT2D eigenvalue weighted by molar-refractivity contribution is 7.51. The van der Waals surface area contributed by atoms with Crippen molar-refractivity contribution in [1.29, 1.82) is 0 Å². The van der Waals surface area contributed by atoms with Gasteiger partial charge in [0.05, 0.1) is 11.4 Å². The SMILES string of the molecule is CC(c1ccccc1)N(C)c1nc(Cl)nc2c1ccn2[C@@H]1O[C@H](COOP(C)(=O)O)[C@@H](O)[C@H]1O. The highest BCUT2D eigenvalue weighted by Crippen LogP contribution is 2.39. The van der Waals surface area contributed by atoms with Gasteiger partial charge in [0, 0.05) is 19.9 Å². The molecule has 4 rings (SSSR count). The van der Waals surface area contributed by atoms with E-state index >= 15 is 0 Å². The Bertz CT molecular complexity index is 1190. The van der Waals surface area contributed by atoms with Gasteiger partial charge in [-0.15, -0.1) is 4.67 Å². The van der Waals surface area contributed by atoms with Gasteiger partial charge in [0.2, 0.25) is 5.28 Å². The van der Waals surface area contributed by atoms with Gasteiger partial charge in [-0.3, -0.25) is 4.57 Å². The van der Waals surface area contributed by atoms with Gasteiger partial charge in [-0.1, -0.05) is 30.3 Å². The molecule has 0 aliphatic carbocycles. The molecule has 34 heavy (non-hydrogen) atoms. The number of anilines is 1. The monoisotopic (exact) mass is 512 g/mol. The number of hydrogen-bond acceptors (Lipinski definition) is 9. The number of fused-ring (bicyclic) bond motifs is 1. The van der Waals surface area contributed by atoms with Crippen LogP contribution in [-0.4, -0.2) is 68.3 Å². The normalized spacial score (nSPS) is 25.4. The first-order valence-electron chi connectivity index (χ1n) is 10.5. The van der Waals surface area contributed by atoms with Gasteiger partial charge in [0.1, 0.15) is 36.4 Å². The van der Waals surface area contributed by atoms with Crippen molar-refractivity contribution in [3.05, 3.63) is 53.4 Å². The quantitative estimate of drug-likeness (QED) is 0.178. The summed E-state index contributed by atoms with van der Waals surface area (Å²) in [6.07, 6.45) is -3.03. The van der Waals surface area contributed by atoms with Crippen LogP contribution >= 0.6 is 19.2 Å². The largest absolute Gasteiger partial charge is 0.387 e. The van der Waals surface area contributed by atoms with E-state index in [9.17, 15) is 14.8 Å². The molecule has 2 aromatic heterocycles. The van der Waals surface area contributed by atoms with E-state index in [1.54, 1.807) is 16.8 Å². The molecule has 3 N–H and O–H groups in total. The summed E-state index contributed by atoms with van der Waals surface area (Å²) in [5, 5.41) is 21.7. The maximum Gasteiger partial charge on any atom is 0.352 e. The van der Waals surface area contributed by atoms with E-state index in [1.165, 1.54) is 0 Å². The summed E-state index contributed by atoms with van der Waals surface area (Å²) >= 11 is 6.26. The van der Waals surface area contributed by atoms with E-state index in [0.717, 1.165) is 12.2 Å². The lowest BCUT2D eigenvalue weighted by Gasteiger charge is -2.27. The molecule has 0 saturated carbocycles. The molecule has 0 amide bonds. The van der Waals surface area contributed by atoms with E-state index < -0.39 is 32.1 Å². The third-order valence-electron chi connectivity index (χ3n) is 5.76. The zero-order valence-corrected chi connectivity index (χ0v) is 20.4. The van der Waals surface area contributed by atoms with Gasteiger partial charge >= 0.3 is 7.60 Å². The average molecular weight is 513 g/mol. The molecule has 11 nitrogen and oxygen atoms in total. The Balaban J connectivity index is 1.61. The van der Waals surface area contributed by atoms with Crippen LogP contribution in [-0.2, 0) is 18.9 Å². The first kappa shape index (κ1) is 25.0. The van der Waals surface area contributed by atoms with Crippen LogP contribution in [0.2, 0.25) is 5.28 Å². The molecule has 1 aromatic carbocycles. The topological polar surface area (TPSA) is 139 Å². The summed E-state index contributed by atoms with van der Waals surface area (Å²) in [4.78, 5) is 24.6. The van der Waals surface area contributed by atoms with Crippen molar-refractivity contribution in [2.75, 3.05) is 25.2 Å². The van der Waals surface area contributed by atoms with Crippen LogP contribution in [0.1, 0.15) is 24.8 Å². The maximum atomic E-state index is 11.2. The Hall–Kier alpha value is -2.08. The van der Waals surface area contributed by atoms with Crippen LogP contribution in [0.3, 0.4) is 0 Å². The molecule has 13 heteroatoms. The fourth-order valence-electron chi connectivity index (χ4n) is 3.90. The number of aliphatic hydroxyl groups is 2. The second-order valence-corrected chi connectivity index (χ2v) is 10.3. The summed E-state index contributed by atoms with van der Waals surface area (Å²) in [6, 6.07) is 11.7. The Morgan fingerprint density at radius 2 is 1.94 bits per heavy atom. The zero-order valence-electron chi connectivity index (χ0n) is 18.7. The van der Waals surface area contributed by atoms with Gasteiger partial charge in [-0.25, -0.2) is 4.89 Å². The Kier molecular flexibility index (Phi) is 7.28. The lowest BCUT2D eigenvalue weighted by Crippen LogP contribution is -2.33. The smallest absolute Gasteiger partial charge is 0.352 e. The van der Waals surface area contributed by atoms with Crippen molar-refractivity contribution >= 4 is 36.0 Å². The molecule has 0 spiro atoms. The van der Waals surface area contributed by atoms with Gasteiger partial charge in [-0.2, -0.15) is 9.97 Å². The number of nitrogens with zero attached hydrogens (tertiary/aromatic N) is 4. The Labute approximate surface area is 200 Å². The number of ether oxygens (including phenoxy) is 1. The van der Waals surface area contributed by atoms with Gasteiger partial charge < -0.3 is 29.3 Å². The molecule has 0 radical (unpaired) electrons. The number of rotatable bonds is 8. The molecule has 1 saturated heterocycles. The molecule has 184 valence electrons. The molecule has 1 fully saturated rings. The Morgan fingerprint density at radius 1 is 1.24 bits per heavy atom. The van der Waals surface area contributed by atoms with Crippen LogP contribution < -0.4 is 4.90 Å². The number of hydrogen-bond donors (Lipinski definition) is 3. The van der Waals surface area contributed by atoms with Gasteiger partial charge in [0.25, 0.3) is 0 Å². The Morgan fingerprint density at radius 3 is 2.62 bits per heavy atom. The van der Waals surface area contributed by atoms with Crippen LogP contribution in [0, 0.1) is 0 Å². The van der Waals surface area contributed by atoms with Crippen LogP contribution in [0.5, 0.6) is 0 Å². The van der Waals surface area contributed by atoms with Crippen LogP contribution in [0.4, 0.5) is 5.82 Å². The molecular weight excluding hydrogens is 487 g/mol. The minimum absolute atomic E-state index is 0.0116. The summed E-state index contributed by atoms with van der Waals surface area (Å²) in [6.45, 7) is 2.63. The van der Waals surface area contributed by atoms with Crippen molar-refractivity contribution in [2.45, 2.75) is 37.5 Å². The second kappa shape index (κ2) is 9.88. The average Bonchev–Trinajstić information content (AvgIpc) is 3.33. The van der Waals surface area contributed by atoms with E-state index in [4.69, 9.17) is 26.1 Å². The number of halogens is 1. The maximum absolute atomic E-state index is 11.2. The number of aromatic nitrogens is 3. The molecule has 3 heterocycles. The molecule has 1 aliphatic heterocycles. The highest BCUT2D eigenvalue weighted by atomic mass is 35.5. The summed E-state index contributed by atoms with van der Waals surface area (Å²) in [5.41, 5.74) is 1.50. The molecule has 3 aromatic rings. The van der Waals surface area contributed by atoms with Crippen LogP contribution in [0.15, 0.2) is 42.6 Å². The van der Waals surface area contributed by atoms with Crippen molar-refractivity contribution < 1.29 is 34.0 Å². The second-order valence-electron chi connectivity index (χ2n) is 8.18. The molecule has 0 bridgehead atoms. The summed E-state index contributed by atoms with van der Waals surface area (Å²) in [7, 11) is -1.97. The van der Waals surface area contributed by atoms with E-state index in [-0.39, 0.29) is 17.9 Å². The van der Waals surface area contributed by atoms with Gasteiger partial charge in [-0.05, 0) is 30.2 Å². The van der Waals surface area contributed by atoms with Crippen molar-refractivity contribution in [3.8, 4) is 0 Å². The first-order valence-corrected chi connectivity index (χ1v) is 12.9. The van der Waals surface area contributed by atoms with E-state index in [0.29, 0.717) is 16.9 Å². The number of aliphatic hydroxyl groups excluding tert-OH is 2. The van der Waals surface area contributed by atoms with Crippen molar-refractivity contribution in [1.82, 2.24) is 14.5 Å². The number of benzene rings is 1. The molecule has 2 unspecified atom stereocenters. The lowest BCUT2D eigenvalue weighted by molar-refractivity contribution is -0.238. The minimum atomic E-state index is -3.87. The zero-order chi connectivity index (χ0) is 24.6. The molecule has 1 aliphatic rings. The molecule has 6 atom stereocenters.